The van der Waals surface area contributed by atoms with E-state index in [1.807, 2.05) is 19.1 Å². The number of halogens is 2. The highest BCUT2D eigenvalue weighted by atomic mass is 35.5. The number of piperidine rings is 1. The summed E-state index contributed by atoms with van der Waals surface area (Å²) in [4.78, 5) is 12.9. The minimum absolute atomic E-state index is 0.173. The van der Waals surface area contributed by atoms with Crippen molar-refractivity contribution in [1.82, 2.24) is 4.31 Å². The molecule has 1 fully saturated rings. The zero-order chi connectivity index (χ0) is 20.5. The van der Waals surface area contributed by atoms with Gasteiger partial charge in [0.1, 0.15) is 0 Å². The molecule has 1 aliphatic heterocycles. The summed E-state index contributed by atoms with van der Waals surface area (Å²) in [7, 11) is -3.57. The molecule has 0 aromatic heterocycles. The van der Waals surface area contributed by atoms with E-state index >= 15 is 0 Å². The Kier molecular flexibility index (Phi) is 6.34. The van der Waals surface area contributed by atoms with Crippen LogP contribution in [0.1, 0.15) is 24.0 Å². The van der Waals surface area contributed by atoms with Gasteiger partial charge in [-0.25, -0.2) is 8.42 Å². The Bertz CT molecular complexity index is 1000. The molecule has 0 unspecified atom stereocenters. The van der Waals surface area contributed by atoms with Gasteiger partial charge in [-0.2, -0.15) is 4.31 Å². The van der Waals surface area contributed by atoms with Gasteiger partial charge in [0.15, 0.2) is 0 Å². The van der Waals surface area contributed by atoms with E-state index in [9.17, 15) is 13.2 Å². The standard InChI is InChI=1S/C20H22Cl2N2O3S/c1-13-6-7-14(2)18(12-13)28(26,27)24-10-8-15(9-11-24)20(25)23-17-5-3-4-16(21)19(17)22/h3-7,12,15H,8-11H2,1-2H3,(H,23,25). The van der Waals surface area contributed by atoms with Gasteiger partial charge in [0.05, 0.1) is 20.6 Å². The largest absolute Gasteiger partial charge is 0.324 e. The molecule has 0 aliphatic carbocycles. The molecule has 28 heavy (non-hydrogen) atoms. The normalized spacial score (nSPS) is 16.1. The Balaban J connectivity index is 1.67. The molecule has 1 saturated heterocycles. The first-order valence-electron chi connectivity index (χ1n) is 9.02. The number of benzene rings is 2. The minimum Gasteiger partial charge on any atom is -0.324 e. The lowest BCUT2D eigenvalue weighted by Crippen LogP contribution is -2.41. The Hall–Kier alpha value is -1.60. The Morgan fingerprint density at radius 1 is 1.11 bits per heavy atom. The molecule has 5 nitrogen and oxygen atoms in total. The van der Waals surface area contributed by atoms with E-state index in [2.05, 4.69) is 5.32 Å². The average Bonchev–Trinajstić information content (AvgIpc) is 2.67. The topological polar surface area (TPSA) is 66.5 Å². The number of carbonyl (C=O) groups excluding carboxylic acids is 1. The summed E-state index contributed by atoms with van der Waals surface area (Å²) < 4.78 is 27.5. The first kappa shape index (κ1) is 21.1. The lowest BCUT2D eigenvalue weighted by atomic mass is 9.97. The van der Waals surface area contributed by atoms with Crippen molar-refractivity contribution in [1.29, 1.82) is 0 Å². The lowest BCUT2D eigenvalue weighted by Gasteiger charge is -2.31. The van der Waals surface area contributed by atoms with Gasteiger partial charge in [0.2, 0.25) is 15.9 Å². The number of amides is 1. The molecular formula is C20H22Cl2N2O3S. The fourth-order valence-electron chi connectivity index (χ4n) is 3.32. The average molecular weight is 441 g/mol. The monoisotopic (exact) mass is 440 g/mol. The van der Waals surface area contributed by atoms with E-state index < -0.39 is 10.0 Å². The van der Waals surface area contributed by atoms with Crippen LogP contribution in [0.15, 0.2) is 41.3 Å². The maximum absolute atomic E-state index is 13.0. The third-order valence-corrected chi connectivity index (χ3v) is 7.86. The van der Waals surface area contributed by atoms with E-state index in [1.165, 1.54) is 4.31 Å². The summed E-state index contributed by atoms with van der Waals surface area (Å²) in [6, 6.07) is 10.5. The van der Waals surface area contributed by atoms with Gasteiger partial charge in [-0.15, -0.1) is 0 Å². The number of nitrogens with one attached hydrogen (secondary N) is 1. The number of anilines is 1. The fourth-order valence-corrected chi connectivity index (χ4v) is 5.45. The second-order valence-corrected chi connectivity index (χ2v) is 9.73. The van der Waals surface area contributed by atoms with Crippen molar-refractivity contribution in [2.45, 2.75) is 31.6 Å². The third-order valence-electron chi connectivity index (χ3n) is 5.00. The van der Waals surface area contributed by atoms with Crippen molar-refractivity contribution >= 4 is 44.8 Å². The van der Waals surface area contributed by atoms with Crippen LogP contribution in [0, 0.1) is 19.8 Å². The predicted octanol–water partition coefficient (Wildman–Crippen LogP) is 4.65. The molecule has 8 heteroatoms. The molecule has 3 rings (SSSR count). The van der Waals surface area contributed by atoms with E-state index in [4.69, 9.17) is 23.2 Å². The molecule has 0 atom stereocenters. The SMILES string of the molecule is Cc1ccc(C)c(S(=O)(=O)N2CCC(C(=O)Nc3cccc(Cl)c3Cl)CC2)c1. The summed E-state index contributed by atoms with van der Waals surface area (Å²) in [5.41, 5.74) is 2.09. The smallest absolute Gasteiger partial charge is 0.243 e. The summed E-state index contributed by atoms with van der Waals surface area (Å²) in [6.45, 7) is 4.27. The van der Waals surface area contributed by atoms with Crippen LogP contribution in [0.2, 0.25) is 10.0 Å². The Labute approximate surface area is 175 Å². The molecule has 1 aliphatic rings. The van der Waals surface area contributed by atoms with E-state index in [0.717, 1.165) is 11.1 Å². The maximum Gasteiger partial charge on any atom is 0.243 e. The number of rotatable bonds is 4. The number of sulfonamides is 1. The van der Waals surface area contributed by atoms with Gasteiger partial charge in [0.25, 0.3) is 0 Å². The molecule has 150 valence electrons. The molecule has 2 aromatic rings. The summed E-state index contributed by atoms with van der Waals surface area (Å²) in [5, 5.41) is 3.47. The van der Waals surface area contributed by atoms with Gasteiger partial charge < -0.3 is 5.32 Å². The van der Waals surface area contributed by atoms with Crippen LogP contribution in [0.5, 0.6) is 0 Å². The Morgan fingerprint density at radius 3 is 2.46 bits per heavy atom. The highest BCUT2D eigenvalue weighted by Gasteiger charge is 2.33. The molecule has 0 bridgehead atoms. The van der Waals surface area contributed by atoms with Crippen LogP contribution in [0.25, 0.3) is 0 Å². The van der Waals surface area contributed by atoms with E-state index in [0.29, 0.717) is 46.6 Å². The molecule has 0 radical (unpaired) electrons. The first-order chi connectivity index (χ1) is 13.2. The molecule has 0 spiro atoms. The molecule has 1 amide bonds. The van der Waals surface area contributed by atoms with Crippen molar-refractivity contribution < 1.29 is 13.2 Å². The van der Waals surface area contributed by atoms with Gasteiger partial charge in [-0.05, 0) is 56.0 Å². The highest BCUT2D eigenvalue weighted by Crippen LogP contribution is 2.31. The van der Waals surface area contributed by atoms with Crippen molar-refractivity contribution in [2.24, 2.45) is 5.92 Å². The quantitative estimate of drug-likeness (QED) is 0.751. The summed E-state index contributed by atoms with van der Waals surface area (Å²) in [5.74, 6) is -0.451. The summed E-state index contributed by atoms with van der Waals surface area (Å²) in [6.07, 6.45) is 0.905. The molecular weight excluding hydrogens is 419 g/mol. The number of hydrogen-bond acceptors (Lipinski definition) is 3. The zero-order valence-corrected chi connectivity index (χ0v) is 18.0. The zero-order valence-electron chi connectivity index (χ0n) is 15.7. The molecule has 1 N–H and O–H groups in total. The van der Waals surface area contributed by atoms with E-state index in [-0.39, 0.29) is 11.8 Å². The third kappa shape index (κ3) is 4.35. The molecule has 0 saturated carbocycles. The van der Waals surface area contributed by atoms with Crippen LogP contribution in [0.3, 0.4) is 0 Å². The minimum atomic E-state index is -3.57. The molecule has 1 heterocycles. The van der Waals surface area contributed by atoms with Crippen LogP contribution in [-0.2, 0) is 14.8 Å². The number of carbonyl (C=O) groups is 1. The van der Waals surface area contributed by atoms with E-state index in [1.54, 1.807) is 31.2 Å². The van der Waals surface area contributed by atoms with Crippen LogP contribution in [0.4, 0.5) is 5.69 Å². The maximum atomic E-state index is 13.0. The van der Waals surface area contributed by atoms with Gasteiger partial charge >= 0.3 is 0 Å². The van der Waals surface area contributed by atoms with Gasteiger partial charge in [-0.3, -0.25) is 4.79 Å². The van der Waals surface area contributed by atoms with Crippen LogP contribution >= 0.6 is 23.2 Å². The van der Waals surface area contributed by atoms with Gasteiger partial charge in [0, 0.05) is 19.0 Å². The van der Waals surface area contributed by atoms with Crippen molar-refractivity contribution in [3.05, 3.63) is 57.6 Å². The van der Waals surface area contributed by atoms with Gasteiger partial charge in [-0.1, -0.05) is 41.4 Å². The first-order valence-corrected chi connectivity index (χ1v) is 11.2. The number of aryl methyl sites for hydroxylation is 2. The number of nitrogens with zero attached hydrogens (tertiary/aromatic N) is 1. The van der Waals surface area contributed by atoms with Crippen molar-refractivity contribution in [3.8, 4) is 0 Å². The lowest BCUT2D eigenvalue weighted by molar-refractivity contribution is -0.120. The highest BCUT2D eigenvalue weighted by molar-refractivity contribution is 7.89. The second-order valence-electron chi connectivity index (χ2n) is 7.04. The predicted molar refractivity (Wildman–Crippen MR) is 112 cm³/mol. The van der Waals surface area contributed by atoms with Crippen molar-refractivity contribution in [3.63, 3.8) is 0 Å². The van der Waals surface area contributed by atoms with Crippen molar-refractivity contribution in [2.75, 3.05) is 18.4 Å². The Morgan fingerprint density at radius 2 is 1.79 bits per heavy atom. The van der Waals surface area contributed by atoms with Crippen LogP contribution in [-0.4, -0.2) is 31.7 Å². The fraction of sp³-hybridized carbons (Fsp3) is 0.350. The van der Waals surface area contributed by atoms with Crippen LogP contribution < -0.4 is 5.32 Å². The summed E-state index contributed by atoms with van der Waals surface area (Å²) >= 11 is 12.1. The second kappa shape index (κ2) is 8.41. The number of hydrogen-bond donors (Lipinski definition) is 1. The molecule has 2 aromatic carbocycles.